The molecule has 18 heavy (non-hydrogen) atoms. The summed E-state index contributed by atoms with van der Waals surface area (Å²) in [5, 5.41) is 3.19. The number of rotatable bonds is 7. The Hall–Kier alpha value is -1.58. The van der Waals surface area contributed by atoms with E-state index in [0.29, 0.717) is 12.5 Å². The molecule has 0 saturated carbocycles. The van der Waals surface area contributed by atoms with E-state index < -0.39 is 0 Å². The number of aromatic nitrogens is 2. The standard InChI is InChI=1S/C14H23N3O/c1-6-15-12-9-13(18-8-7-10(2)3)17-14(16-12)11(4)5/h9,11H,2,6-8H2,1,3-5H3,(H,15,16,17). The third-order valence-electron chi connectivity index (χ3n) is 2.37. The Kier molecular flexibility index (Phi) is 5.62. The van der Waals surface area contributed by atoms with Gasteiger partial charge in [-0.1, -0.05) is 19.4 Å². The monoisotopic (exact) mass is 249 g/mol. The zero-order chi connectivity index (χ0) is 13.5. The molecule has 1 N–H and O–H groups in total. The summed E-state index contributed by atoms with van der Waals surface area (Å²) in [7, 11) is 0. The second-order valence-corrected chi connectivity index (χ2v) is 4.69. The Morgan fingerprint density at radius 1 is 1.44 bits per heavy atom. The van der Waals surface area contributed by atoms with E-state index in [1.807, 2.05) is 19.9 Å². The minimum absolute atomic E-state index is 0.284. The predicted molar refractivity (Wildman–Crippen MR) is 75.2 cm³/mol. The number of hydrogen-bond acceptors (Lipinski definition) is 4. The topological polar surface area (TPSA) is 47.0 Å². The van der Waals surface area contributed by atoms with Gasteiger partial charge in [0.05, 0.1) is 6.61 Å². The van der Waals surface area contributed by atoms with Gasteiger partial charge in [-0.3, -0.25) is 0 Å². The van der Waals surface area contributed by atoms with Crippen LogP contribution in [0.5, 0.6) is 5.88 Å². The zero-order valence-corrected chi connectivity index (χ0v) is 11.8. The van der Waals surface area contributed by atoms with Crippen molar-refractivity contribution < 1.29 is 4.74 Å². The molecule has 0 radical (unpaired) electrons. The Morgan fingerprint density at radius 3 is 2.72 bits per heavy atom. The van der Waals surface area contributed by atoms with Crippen LogP contribution in [0.25, 0.3) is 0 Å². The highest BCUT2D eigenvalue weighted by molar-refractivity contribution is 5.38. The molecule has 0 aliphatic rings. The fourth-order valence-electron chi connectivity index (χ4n) is 1.38. The van der Waals surface area contributed by atoms with Gasteiger partial charge in [0.1, 0.15) is 11.6 Å². The molecule has 0 aliphatic carbocycles. The molecule has 4 heteroatoms. The molecular weight excluding hydrogens is 226 g/mol. The van der Waals surface area contributed by atoms with E-state index in [2.05, 4.69) is 35.7 Å². The quantitative estimate of drug-likeness (QED) is 0.753. The van der Waals surface area contributed by atoms with Crippen molar-refractivity contribution in [3.63, 3.8) is 0 Å². The molecule has 4 nitrogen and oxygen atoms in total. The second-order valence-electron chi connectivity index (χ2n) is 4.69. The molecule has 1 heterocycles. The van der Waals surface area contributed by atoms with Gasteiger partial charge in [-0.2, -0.15) is 4.98 Å². The molecular formula is C14H23N3O. The largest absolute Gasteiger partial charge is 0.477 e. The fraction of sp³-hybridized carbons (Fsp3) is 0.571. The summed E-state index contributed by atoms with van der Waals surface area (Å²) in [4.78, 5) is 8.86. The lowest BCUT2D eigenvalue weighted by Crippen LogP contribution is -2.07. The number of ether oxygens (including phenoxy) is 1. The molecule has 0 bridgehead atoms. The lowest BCUT2D eigenvalue weighted by molar-refractivity contribution is 0.307. The lowest BCUT2D eigenvalue weighted by Gasteiger charge is -2.11. The Morgan fingerprint density at radius 2 is 2.17 bits per heavy atom. The summed E-state index contributed by atoms with van der Waals surface area (Å²) >= 11 is 0. The first kappa shape index (κ1) is 14.5. The van der Waals surface area contributed by atoms with Gasteiger partial charge in [0.15, 0.2) is 0 Å². The lowest BCUT2D eigenvalue weighted by atomic mass is 10.2. The molecule has 1 aromatic rings. The molecule has 0 saturated heterocycles. The molecule has 0 spiro atoms. The van der Waals surface area contributed by atoms with Gasteiger partial charge in [-0.25, -0.2) is 4.98 Å². The Labute approximate surface area is 109 Å². The average molecular weight is 249 g/mol. The van der Waals surface area contributed by atoms with Crippen molar-refractivity contribution in [3.05, 3.63) is 24.0 Å². The van der Waals surface area contributed by atoms with Crippen LogP contribution in [0, 0.1) is 0 Å². The summed E-state index contributed by atoms with van der Waals surface area (Å²) in [5.74, 6) is 2.54. The molecule has 0 atom stereocenters. The smallest absolute Gasteiger partial charge is 0.218 e. The van der Waals surface area contributed by atoms with Crippen LogP contribution in [0.1, 0.15) is 45.9 Å². The maximum absolute atomic E-state index is 5.64. The van der Waals surface area contributed by atoms with E-state index in [0.717, 1.165) is 30.2 Å². The van der Waals surface area contributed by atoms with Crippen LogP contribution < -0.4 is 10.1 Å². The number of nitrogens with one attached hydrogen (secondary N) is 1. The van der Waals surface area contributed by atoms with Gasteiger partial charge in [0.2, 0.25) is 5.88 Å². The van der Waals surface area contributed by atoms with E-state index >= 15 is 0 Å². The highest BCUT2D eigenvalue weighted by atomic mass is 16.5. The zero-order valence-electron chi connectivity index (χ0n) is 11.8. The highest BCUT2D eigenvalue weighted by Gasteiger charge is 2.08. The normalized spacial score (nSPS) is 10.5. The molecule has 0 fully saturated rings. The van der Waals surface area contributed by atoms with Crippen molar-refractivity contribution in [2.75, 3.05) is 18.5 Å². The van der Waals surface area contributed by atoms with Crippen LogP contribution in [0.15, 0.2) is 18.2 Å². The first-order valence-corrected chi connectivity index (χ1v) is 6.43. The van der Waals surface area contributed by atoms with Crippen LogP contribution in [0.3, 0.4) is 0 Å². The van der Waals surface area contributed by atoms with Crippen molar-refractivity contribution in [1.29, 1.82) is 0 Å². The van der Waals surface area contributed by atoms with E-state index in [-0.39, 0.29) is 5.92 Å². The van der Waals surface area contributed by atoms with Crippen LogP contribution in [-0.4, -0.2) is 23.1 Å². The van der Waals surface area contributed by atoms with Gasteiger partial charge in [0, 0.05) is 24.9 Å². The van der Waals surface area contributed by atoms with Crippen LogP contribution in [0.2, 0.25) is 0 Å². The van der Waals surface area contributed by atoms with Gasteiger partial charge in [-0.15, -0.1) is 6.58 Å². The molecule has 0 aliphatic heterocycles. The molecule has 1 aromatic heterocycles. The van der Waals surface area contributed by atoms with E-state index in [1.54, 1.807) is 0 Å². The Balaban J connectivity index is 2.78. The van der Waals surface area contributed by atoms with Crippen molar-refractivity contribution in [3.8, 4) is 5.88 Å². The number of anilines is 1. The molecule has 0 amide bonds. The summed E-state index contributed by atoms with van der Waals surface area (Å²) in [6.45, 7) is 13.5. The number of nitrogens with zero attached hydrogens (tertiary/aromatic N) is 2. The molecule has 1 rings (SSSR count). The van der Waals surface area contributed by atoms with E-state index in [1.165, 1.54) is 0 Å². The van der Waals surface area contributed by atoms with Crippen molar-refractivity contribution in [1.82, 2.24) is 9.97 Å². The summed E-state index contributed by atoms with van der Waals surface area (Å²) in [6.07, 6.45) is 0.845. The van der Waals surface area contributed by atoms with Gasteiger partial charge in [-0.05, 0) is 13.8 Å². The van der Waals surface area contributed by atoms with Crippen molar-refractivity contribution >= 4 is 5.82 Å². The van der Waals surface area contributed by atoms with E-state index in [9.17, 15) is 0 Å². The van der Waals surface area contributed by atoms with Crippen LogP contribution in [0.4, 0.5) is 5.82 Å². The van der Waals surface area contributed by atoms with Crippen LogP contribution in [-0.2, 0) is 0 Å². The summed E-state index contributed by atoms with van der Waals surface area (Å²) < 4.78 is 5.64. The highest BCUT2D eigenvalue weighted by Crippen LogP contribution is 2.18. The molecule has 0 aromatic carbocycles. The predicted octanol–water partition coefficient (Wildman–Crippen LogP) is 3.38. The minimum atomic E-state index is 0.284. The second kappa shape index (κ2) is 6.99. The van der Waals surface area contributed by atoms with E-state index in [4.69, 9.17) is 4.74 Å². The summed E-state index contributed by atoms with van der Waals surface area (Å²) in [6, 6.07) is 1.84. The third-order valence-corrected chi connectivity index (χ3v) is 2.37. The Bertz CT molecular complexity index is 402. The fourth-order valence-corrected chi connectivity index (χ4v) is 1.38. The maximum atomic E-state index is 5.64. The minimum Gasteiger partial charge on any atom is -0.477 e. The van der Waals surface area contributed by atoms with Crippen molar-refractivity contribution in [2.24, 2.45) is 0 Å². The first-order chi connectivity index (χ1) is 8.52. The first-order valence-electron chi connectivity index (χ1n) is 6.43. The molecule has 100 valence electrons. The van der Waals surface area contributed by atoms with Gasteiger partial charge in [0.25, 0.3) is 0 Å². The average Bonchev–Trinajstić information content (AvgIpc) is 2.28. The summed E-state index contributed by atoms with van der Waals surface area (Å²) in [5.41, 5.74) is 1.11. The molecule has 0 unspecified atom stereocenters. The van der Waals surface area contributed by atoms with Gasteiger partial charge >= 0.3 is 0 Å². The van der Waals surface area contributed by atoms with Crippen LogP contribution >= 0.6 is 0 Å². The van der Waals surface area contributed by atoms with Gasteiger partial charge < -0.3 is 10.1 Å². The number of hydrogen-bond donors (Lipinski definition) is 1. The van der Waals surface area contributed by atoms with Crippen molar-refractivity contribution in [2.45, 2.75) is 40.0 Å². The maximum Gasteiger partial charge on any atom is 0.218 e. The third kappa shape index (κ3) is 4.73. The SMILES string of the molecule is C=C(C)CCOc1cc(NCC)nc(C(C)C)n1.